The Morgan fingerprint density at radius 2 is 1.69 bits per heavy atom. The van der Waals surface area contributed by atoms with Crippen molar-refractivity contribution in [1.29, 1.82) is 0 Å². The van der Waals surface area contributed by atoms with Gasteiger partial charge in [-0.15, -0.1) is 0 Å². The lowest BCUT2D eigenvalue weighted by atomic mass is 9.92. The number of piperidine rings is 2. The van der Waals surface area contributed by atoms with Crippen LogP contribution in [0, 0.1) is 6.92 Å². The van der Waals surface area contributed by atoms with Gasteiger partial charge in [0.05, 0.1) is 30.9 Å². The molecule has 5 heterocycles. The molecule has 3 aromatic heterocycles. The molecular weight excluding hydrogens is 576 g/mol. The number of aryl methyl sites for hydroxylation is 2. The molecule has 0 spiro atoms. The number of amides is 2. The highest BCUT2D eigenvalue weighted by molar-refractivity contribution is 5.99. The van der Waals surface area contributed by atoms with E-state index in [0.717, 1.165) is 53.7 Å². The number of methoxy groups -OCH3 is 2. The summed E-state index contributed by atoms with van der Waals surface area (Å²) in [7, 11) is 5.01. The van der Waals surface area contributed by atoms with Gasteiger partial charge in [-0.25, -0.2) is 4.98 Å². The molecule has 2 aliphatic heterocycles. The van der Waals surface area contributed by atoms with Crippen molar-refractivity contribution in [3.05, 3.63) is 80.6 Å². The summed E-state index contributed by atoms with van der Waals surface area (Å²) in [6.07, 6.45) is 7.21. The summed E-state index contributed by atoms with van der Waals surface area (Å²) in [5.41, 5.74) is 3.03. The predicted molar refractivity (Wildman–Crippen MR) is 167 cm³/mol. The molecule has 1 atom stereocenters. The number of benzene rings is 1. The van der Waals surface area contributed by atoms with Crippen LogP contribution in [0.4, 0.5) is 0 Å². The topological polar surface area (TPSA) is 138 Å². The number of pyridine rings is 2. The average Bonchev–Trinajstić information content (AvgIpc) is 3.03. The van der Waals surface area contributed by atoms with Crippen LogP contribution in [0.3, 0.4) is 0 Å². The van der Waals surface area contributed by atoms with Gasteiger partial charge in [0.15, 0.2) is 0 Å². The summed E-state index contributed by atoms with van der Waals surface area (Å²) in [5.74, 6) is 1.20. The summed E-state index contributed by atoms with van der Waals surface area (Å²) < 4.78 is 14.7. The maximum Gasteiger partial charge on any atom is 0.259 e. The Kier molecular flexibility index (Phi) is 8.24. The van der Waals surface area contributed by atoms with Crippen molar-refractivity contribution in [2.75, 3.05) is 27.3 Å². The molecule has 2 fully saturated rings. The molecule has 12 heteroatoms. The third-order valence-corrected chi connectivity index (χ3v) is 8.96. The standard InChI is InChI=1S/C33H36N6O6/c1-19-35-26(15-31(41)39(19)27-5-6-30(40)36-32(27)42)20-8-11-38(12-9-20)18-25-28(44-3)13-21(14-29(25)45-4)24-17-37(2)33(43)23-16-34-10-7-22(23)24/h7,10,13-17,20,27H,5-6,8-9,11-12,18H2,1-4H3,(H,36,40,42). The Bertz CT molecular complexity index is 1900. The van der Waals surface area contributed by atoms with Crippen molar-refractivity contribution >= 4 is 22.6 Å². The number of carbonyl (C=O) groups is 2. The number of rotatable bonds is 7. The van der Waals surface area contributed by atoms with E-state index in [0.29, 0.717) is 29.3 Å². The molecule has 4 aromatic rings. The molecule has 0 saturated carbocycles. The van der Waals surface area contributed by atoms with Gasteiger partial charge in [0.2, 0.25) is 11.8 Å². The van der Waals surface area contributed by atoms with E-state index in [1.807, 2.05) is 24.4 Å². The second-order valence-electron chi connectivity index (χ2n) is 11.7. The van der Waals surface area contributed by atoms with Gasteiger partial charge in [0, 0.05) is 56.2 Å². The van der Waals surface area contributed by atoms with Gasteiger partial charge in [0.1, 0.15) is 23.4 Å². The number of hydrogen-bond acceptors (Lipinski definition) is 9. The van der Waals surface area contributed by atoms with Crippen molar-refractivity contribution in [3.8, 4) is 22.6 Å². The molecule has 2 aliphatic rings. The van der Waals surface area contributed by atoms with E-state index in [2.05, 4.69) is 15.2 Å². The van der Waals surface area contributed by atoms with Crippen LogP contribution < -0.4 is 25.9 Å². The lowest BCUT2D eigenvalue weighted by Gasteiger charge is -2.33. The van der Waals surface area contributed by atoms with Gasteiger partial charge >= 0.3 is 0 Å². The van der Waals surface area contributed by atoms with Crippen LogP contribution in [0.1, 0.15) is 54.7 Å². The van der Waals surface area contributed by atoms with Crippen molar-refractivity contribution < 1.29 is 19.1 Å². The Labute approximate surface area is 259 Å². The summed E-state index contributed by atoms with van der Waals surface area (Å²) in [6, 6.07) is 6.62. The molecule has 0 radical (unpaired) electrons. The first-order valence-corrected chi connectivity index (χ1v) is 15.0. The number of fused-ring (bicyclic) bond motifs is 1. The minimum absolute atomic E-state index is 0.110. The molecule has 1 aromatic carbocycles. The fourth-order valence-electron chi connectivity index (χ4n) is 6.59. The molecule has 1 N–H and O–H groups in total. The second kappa shape index (κ2) is 12.3. The van der Waals surface area contributed by atoms with Crippen LogP contribution in [0.25, 0.3) is 21.9 Å². The zero-order valence-electron chi connectivity index (χ0n) is 25.8. The second-order valence-corrected chi connectivity index (χ2v) is 11.7. The van der Waals surface area contributed by atoms with E-state index in [1.165, 1.54) is 4.57 Å². The quantitative estimate of drug-likeness (QED) is 0.312. The predicted octanol–water partition coefficient (Wildman–Crippen LogP) is 2.84. The lowest BCUT2D eigenvalue weighted by molar-refractivity contribution is -0.135. The highest BCUT2D eigenvalue weighted by atomic mass is 16.5. The number of nitrogens with one attached hydrogen (secondary N) is 1. The number of likely N-dealkylation sites (tertiary alicyclic amines) is 1. The normalized spacial score (nSPS) is 17.8. The monoisotopic (exact) mass is 612 g/mol. The van der Waals surface area contributed by atoms with Crippen LogP contribution >= 0.6 is 0 Å². The van der Waals surface area contributed by atoms with Crippen molar-refractivity contribution in [2.24, 2.45) is 7.05 Å². The van der Waals surface area contributed by atoms with E-state index in [-0.39, 0.29) is 35.8 Å². The van der Waals surface area contributed by atoms with Gasteiger partial charge in [-0.05, 0) is 68.4 Å². The van der Waals surface area contributed by atoms with Crippen molar-refractivity contribution in [3.63, 3.8) is 0 Å². The summed E-state index contributed by atoms with van der Waals surface area (Å²) >= 11 is 0. The number of nitrogens with zero attached hydrogens (tertiary/aromatic N) is 5. The van der Waals surface area contributed by atoms with Crippen LogP contribution in [-0.2, 0) is 23.2 Å². The van der Waals surface area contributed by atoms with Gasteiger partial charge in [-0.1, -0.05) is 0 Å². The first-order valence-electron chi connectivity index (χ1n) is 15.0. The van der Waals surface area contributed by atoms with Crippen LogP contribution in [0.5, 0.6) is 11.5 Å². The molecular formula is C33H36N6O6. The molecule has 6 rings (SSSR count). The van der Waals surface area contributed by atoms with Crippen LogP contribution in [0.15, 0.2) is 52.4 Å². The Morgan fingerprint density at radius 3 is 2.33 bits per heavy atom. The molecule has 0 bridgehead atoms. The number of carbonyl (C=O) groups excluding carboxylic acids is 2. The Balaban J connectivity index is 1.21. The molecule has 2 saturated heterocycles. The molecule has 0 aliphatic carbocycles. The summed E-state index contributed by atoms with van der Waals surface area (Å²) in [5, 5.41) is 3.67. The van der Waals surface area contributed by atoms with Crippen molar-refractivity contribution in [2.45, 2.75) is 51.1 Å². The number of hydrogen-bond donors (Lipinski definition) is 1. The lowest BCUT2D eigenvalue weighted by Crippen LogP contribution is -2.45. The zero-order chi connectivity index (χ0) is 31.8. The van der Waals surface area contributed by atoms with E-state index in [4.69, 9.17) is 14.5 Å². The first kappa shape index (κ1) is 30.2. The smallest absolute Gasteiger partial charge is 0.259 e. The van der Waals surface area contributed by atoms with Gasteiger partial charge in [0.25, 0.3) is 11.1 Å². The van der Waals surface area contributed by atoms with Crippen molar-refractivity contribution in [1.82, 2.24) is 29.3 Å². The molecule has 12 nitrogen and oxygen atoms in total. The number of aromatic nitrogens is 4. The largest absolute Gasteiger partial charge is 0.496 e. The zero-order valence-corrected chi connectivity index (χ0v) is 25.8. The van der Waals surface area contributed by atoms with E-state index in [1.54, 1.807) is 51.2 Å². The maximum atomic E-state index is 13.1. The van der Waals surface area contributed by atoms with E-state index in [9.17, 15) is 19.2 Å². The average molecular weight is 613 g/mol. The molecule has 2 amide bonds. The molecule has 234 valence electrons. The van der Waals surface area contributed by atoms with Gasteiger partial charge < -0.3 is 14.0 Å². The summed E-state index contributed by atoms with van der Waals surface area (Å²) in [4.78, 5) is 61.0. The Hall–Kier alpha value is -4.84. The minimum atomic E-state index is -0.723. The number of imide groups is 1. The van der Waals surface area contributed by atoms with Crippen LogP contribution in [-0.4, -0.2) is 63.1 Å². The van der Waals surface area contributed by atoms with E-state index < -0.39 is 11.9 Å². The van der Waals surface area contributed by atoms with Crippen LogP contribution in [0.2, 0.25) is 0 Å². The Morgan fingerprint density at radius 1 is 0.978 bits per heavy atom. The third-order valence-electron chi connectivity index (χ3n) is 8.96. The third kappa shape index (κ3) is 5.73. The SMILES string of the molecule is COc1cc(-c2cn(C)c(=O)c3cnccc23)cc(OC)c1CN1CCC(c2cc(=O)n(C3CCC(=O)NC3=O)c(C)n2)CC1. The first-order chi connectivity index (χ1) is 21.7. The molecule has 45 heavy (non-hydrogen) atoms. The number of ether oxygens (including phenoxy) is 2. The van der Waals surface area contributed by atoms with Gasteiger partial charge in [-0.2, -0.15) is 0 Å². The van der Waals surface area contributed by atoms with E-state index >= 15 is 0 Å². The summed E-state index contributed by atoms with van der Waals surface area (Å²) in [6.45, 7) is 3.92. The highest BCUT2D eigenvalue weighted by Crippen LogP contribution is 2.38. The highest BCUT2D eigenvalue weighted by Gasteiger charge is 2.31. The fourth-order valence-corrected chi connectivity index (χ4v) is 6.59. The maximum absolute atomic E-state index is 13.1. The van der Waals surface area contributed by atoms with Gasteiger partial charge in [-0.3, -0.25) is 38.9 Å². The molecule has 1 unspecified atom stereocenters. The fraction of sp³-hybridized carbons (Fsp3) is 0.394. The minimum Gasteiger partial charge on any atom is -0.496 e.